The van der Waals surface area contributed by atoms with E-state index in [1.54, 1.807) is 37.3 Å². The number of hydrogen-bond acceptors (Lipinski definition) is 6. The molecule has 34 heavy (non-hydrogen) atoms. The predicted octanol–water partition coefficient (Wildman–Crippen LogP) is 5.03. The molecule has 0 fully saturated rings. The summed E-state index contributed by atoms with van der Waals surface area (Å²) in [6.07, 6.45) is 0. The van der Waals surface area contributed by atoms with Crippen molar-refractivity contribution < 1.29 is 18.9 Å². The first-order valence-corrected chi connectivity index (χ1v) is 10.5. The molecule has 0 aliphatic rings. The van der Waals surface area contributed by atoms with Gasteiger partial charge in [-0.3, -0.25) is 25.0 Å². The molecular formula is C24H18N4O5S. The number of nitro benzene ring substituents is 1. The second-order valence-electron chi connectivity index (χ2n) is 7.31. The number of nitrogens with one attached hydrogen (secondary N) is 3. The predicted molar refractivity (Wildman–Crippen MR) is 132 cm³/mol. The molecule has 4 aromatic rings. The van der Waals surface area contributed by atoms with Crippen molar-refractivity contribution in [3.63, 3.8) is 0 Å². The number of nitrogens with zero attached hydrogens (tertiary/aromatic N) is 1. The Morgan fingerprint density at radius 1 is 0.941 bits per heavy atom. The fraction of sp³-hybridized carbons (Fsp3) is 0.0417. The van der Waals surface area contributed by atoms with Crippen LogP contribution in [0.4, 0.5) is 17.1 Å². The van der Waals surface area contributed by atoms with Crippen LogP contribution in [0.5, 0.6) is 0 Å². The Labute approximate surface area is 198 Å². The molecule has 0 aliphatic heterocycles. The summed E-state index contributed by atoms with van der Waals surface area (Å²) in [7, 11) is 0. The number of amides is 2. The van der Waals surface area contributed by atoms with Gasteiger partial charge in [0.05, 0.1) is 4.92 Å². The topological polar surface area (TPSA) is 127 Å². The Hall–Kier alpha value is -4.57. The average Bonchev–Trinajstić information content (AvgIpc) is 3.25. The first-order valence-electron chi connectivity index (χ1n) is 10.1. The van der Waals surface area contributed by atoms with Crippen LogP contribution in [0.25, 0.3) is 11.0 Å². The molecule has 0 saturated heterocycles. The third-order valence-electron chi connectivity index (χ3n) is 4.95. The minimum absolute atomic E-state index is 0.0263. The second-order valence-corrected chi connectivity index (χ2v) is 7.72. The van der Waals surface area contributed by atoms with Gasteiger partial charge in [0, 0.05) is 22.8 Å². The molecule has 9 nitrogen and oxygen atoms in total. The zero-order chi connectivity index (χ0) is 24.2. The van der Waals surface area contributed by atoms with Gasteiger partial charge in [0.15, 0.2) is 10.9 Å². The van der Waals surface area contributed by atoms with Gasteiger partial charge in [-0.15, -0.1) is 0 Å². The van der Waals surface area contributed by atoms with Crippen molar-refractivity contribution >= 4 is 57.2 Å². The molecule has 3 N–H and O–H groups in total. The summed E-state index contributed by atoms with van der Waals surface area (Å²) in [5.74, 6) is -0.884. The van der Waals surface area contributed by atoms with Crippen LogP contribution in [-0.4, -0.2) is 21.9 Å². The lowest BCUT2D eigenvalue weighted by atomic mass is 10.1. The summed E-state index contributed by atoms with van der Waals surface area (Å²) in [6.45, 7) is 1.80. The van der Waals surface area contributed by atoms with E-state index >= 15 is 0 Å². The van der Waals surface area contributed by atoms with Crippen molar-refractivity contribution in [2.24, 2.45) is 0 Å². The number of fused-ring (bicyclic) bond motifs is 1. The van der Waals surface area contributed by atoms with Crippen LogP contribution in [-0.2, 0) is 0 Å². The monoisotopic (exact) mass is 474 g/mol. The first-order chi connectivity index (χ1) is 16.3. The van der Waals surface area contributed by atoms with Gasteiger partial charge in [0.2, 0.25) is 0 Å². The van der Waals surface area contributed by atoms with Crippen molar-refractivity contribution in [1.82, 2.24) is 5.32 Å². The van der Waals surface area contributed by atoms with Crippen molar-refractivity contribution in [3.8, 4) is 0 Å². The first kappa shape index (κ1) is 22.6. The van der Waals surface area contributed by atoms with E-state index in [0.29, 0.717) is 17.0 Å². The molecule has 0 radical (unpaired) electrons. The molecule has 4 rings (SSSR count). The maximum absolute atomic E-state index is 12.6. The van der Waals surface area contributed by atoms with Crippen molar-refractivity contribution in [2.45, 2.75) is 6.92 Å². The number of carbonyl (C=O) groups excluding carboxylic acids is 2. The minimum Gasteiger partial charge on any atom is -0.451 e. The number of hydrogen-bond donors (Lipinski definition) is 3. The van der Waals surface area contributed by atoms with Gasteiger partial charge in [0.25, 0.3) is 17.5 Å². The molecular weight excluding hydrogens is 456 g/mol. The number of para-hydroxylation sites is 2. The number of thiocarbonyl (C=S) groups is 1. The van der Waals surface area contributed by atoms with Gasteiger partial charge >= 0.3 is 0 Å². The number of benzene rings is 3. The molecule has 170 valence electrons. The van der Waals surface area contributed by atoms with E-state index in [4.69, 9.17) is 16.6 Å². The molecule has 1 heterocycles. The molecule has 1 aromatic heterocycles. The van der Waals surface area contributed by atoms with E-state index < -0.39 is 10.8 Å². The number of aryl methyl sites for hydroxylation is 1. The van der Waals surface area contributed by atoms with Gasteiger partial charge in [0.1, 0.15) is 11.1 Å². The molecule has 0 bridgehead atoms. The Morgan fingerprint density at radius 3 is 2.41 bits per heavy atom. The number of furan rings is 1. The molecule has 0 unspecified atom stereocenters. The van der Waals surface area contributed by atoms with Gasteiger partial charge < -0.3 is 15.1 Å². The maximum atomic E-state index is 12.6. The molecule has 0 aliphatic carbocycles. The van der Waals surface area contributed by atoms with Crippen molar-refractivity contribution in [1.29, 1.82) is 0 Å². The summed E-state index contributed by atoms with van der Waals surface area (Å²) in [6, 6.07) is 19.7. The largest absolute Gasteiger partial charge is 0.451 e. The molecule has 0 saturated carbocycles. The quantitative estimate of drug-likeness (QED) is 0.210. The highest BCUT2D eigenvalue weighted by Gasteiger charge is 2.20. The Kier molecular flexibility index (Phi) is 6.33. The highest BCUT2D eigenvalue weighted by atomic mass is 32.1. The number of rotatable bonds is 5. The van der Waals surface area contributed by atoms with E-state index in [1.807, 2.05) is 18.2 Å². The minimum atomic E-state index is -0.698. The maximum Gasteiger partial charge on any atom is 0.291 e. The number of anilines is 2. The van der Waals surface area contributed by atoms with Gasteiger partial charge in [-0.1, -0.05) is 30.3 Å². The van der Waals surface area contributed by atoms with E-state index in [1.165, 1.54) is 24.3 Å². The van der Waals surface area contributed by atoms with Crippen LogP contribution in [0.15, 0.2) is 77.2 Å². The van der Waals surface area contributed by atoms with Crippen LogP contribution in [0, 0.1) is 17.0 Å². The highest BCUT2D eigenvalue weighted by Crippen LogP contribution is 2.23. The summed E-state index contributed by atoms with van der Waals surface area (Å²) >= 11 is 5.17. The summed E-state index contributed by atoms with van der Waals surface area (Å²) in [5.41, 5.74) is 2.08. The lowest BCUT2D eigenvalue weighted by Crippen LogP contribution is -2.34. The third-order valence-corrected chi connectivity index (χ3v) is 5.16. The van der Waals surface area contributed by atoms with Crippen molar-refractivity contribution in [2.75, 3.05) is 10.6 Å². The molecule has 0 atom stereocenters. The smallest absolute Gasteiger partial charge is 0.291 e. The van der Waals surface area contributed by atoms with Crippen LogP contribution in [0.2, 0.25) is 0 Å². The zero-order valence-electron chi connectivity index (χ0n) is 17.8. The SMILES string of the molecule is Cc1cc(NC(=S)NC(=O)c2ccccc2[N+](=O)[O-])ccc1NC(=O)c1cc2ccccc2o1. The summed E-state index contributed by atoms with van der Waals surface area (Å²) < 4.78 is 5.59. The lowest BCUT2D eigenvalue weighted by molar-refractivity contribution is -0.385. The Balaban J connectivity index is 1.41. The van der Waals surface area contributed by atoms with Gasteiger partial charge in [-0.05, 0) is 61.1 Å². The molecule has 0 spiro atoms. The van der Waals surface area contributed by atoms with Gasteiger partial charge in [-0.2, -0.15) is 0 Å². The van der Waals surface area contributed by atoms with Crippen LogP contribution < -0.4 is 16.0 Å². The van der Waals surface area contributed by atoms with Crippen LogP contribution >= 0.6 is 12.2 Å². The third kappa shape index (κ3) is 4.92. The van der Waals surface area contributed by atoms with E-state index in [2.05, 4.69) is 16.0 Å². The summed E-state index contributed by atoms with van der Waals surface area (Å²) in [5, 5.41) is 20.0. The average molecular weight is 474 g/mol. The van der Waals surface area contributed by atoms with Crippen LogP contribution in [0.3, 0.4) is 0 Å². The molecule has 3 aromatic carbocycles. The van der Waals surface area contributed by atoms with E-state index in [0.717, 1.165) is 10.9 Å². The highest BCUT2D eigenvalue weighted by molar-refractivity contribution is 7.80. The Bertz CT molecular complexity index is 1410. The standard InChI is InChI=1S/C24H18N4O5S/c1-14-12-16(25-24(34)27-22(29)17-7-3-4-8-19(17)28(31)32)10-11-18(14)26-23(30)21-13-15-6-2-5-9-20(15)33-21/h2-13H,1H3,(H,26,30)(H2,25,27,29,34). The fourth-order valence-corrected chi connectivity index (χ4v) is 3.53. The number of nitro groups is 1. The molecule has 10 heteroatoms. The Morgan fingerprint density at radius 2 is 1.68 bits per heavy atom. The zero-order valence-corrected chi connectivity index (χ0v) is 18.6. The molecule has 2 amide bonds. The summed E-state index contributed by atoms with van der Waals surface area (Å²) in [4.78, 5) is 35.5. The number of carbonyl (C=O) groups is 2. The van der Waals surface area contributed by atoms with Crippen LogP contribution in [0.1, 0.15) is 26.5 Å². The lowest BCUT2D eigenvalue weighted by Gasteiger charge is -2.12. The fourth-order valence-electron chi connectivity index (χ4n) is 3.32. The second kappa shape index (κ2) is 9.51. The van der Waals surface area contributed by atoms with E-state index in [9.17, 15) is 19.7 Å². The normalized spacial score (nSPS) is 10.5. The van der Waals surface area contributed by atoms with E-state index in [-0.39, 0.29) is 28.0 Å². The van der Waals surface area contributed by atoms with Crippen molar-refractivity contribution in [3.05, 3.63) is 99.8 Å². The van der Waals surface area contributed by atoms with Gasteiger partial charge in [-0.25, -0.2) is 0 Å².